The number of ketones is 1. The van der Waals surface area contributed by atoms with Gasteiger partial charge in [-0.25, -0.2) is 0 Å². The molecule has 0 atom stereocenters. The molecule has 3 heterocycles. The maximum Gasteiger partial charge on any atom is 0.176 e. The first-order chi connectivity index (χ1) is 12.3. The van der Waals surface area contributed by atoms with E-state index in [1.54, 1.807) is 0 Å². The average Bonchev–Trinajstić information content (AvgIpc) is 2.69. The van der Waals surface area contributed by atoms with Gasteiger partial charge in [-0.3, -0.25) is 9.69 Å². The van der Waals surface area contributed by atoms with E-state index in [1.807, 2.05) is 18.2 Å². The molecule has 0 saturated carbocycles. The summed E-state index contributed by atoms with van der Waals surface area (Å²) in [6.45, 7) is 6.21. The minimum Gasteiger partial charge on any atom is -0.486 e. The molecule has 0 N–H and O–H groups in total. The van der Waals surface area contributed by atoms with Crippen LogP contribution in [0.1, 0.15) is 42.5 Å². The smallest absolute Gasteiger partial charge is 0.176 e. The zero-order valence-corrected chi connectivity index (χ0v) is 14.9. The van der Waals surface area contributed by atoms with E-state index in [2.05, 4.69) is 9.80 Å². The second-order valence-corrected chi connectivity index (χ2v) is 7.39. The molecule has 1 aromatic rings. The van der Waals surface area contributed by atoms with Gasteiger partial charge in [-0.2, -0.15) is 0 Å². The summed E-state index contributed by atoms with van der Waals surface area (Å²) in [7, 11) is 0. The Morgan fingerprint density at radius 3 is 2.44 bits per heavy atom. The molecule has 5 nitrogen and oxygen atoms in total. The monoisotopic (exact) mass is 344 g/mol. The average molecular weight is 344 g/mol. The number of Topliss-reactive ketones (excluding diaryl/α,β-unsaturated/α-hetero) is 1. The van der Waals surface area contributed by atoms with Crippen molar-refractivity contribution in [1.82, 2.24) is 9.80 Å². The van der Waals surface area contributed by atoms with E-state index in [0.29, 0.717) is 25.5 Å². The molecule has 0 bridgehead atoms. The van der Waals surface area contributed by atoms with Crippen LogP contribution in [0.15, 0.2) is 18.2 Å². The number of benzene rings is 1. The molecule has 2 saturated heterocycles. The van der Waals surface area contributed by atoms with E-state index in [1.165, 1.54) is 45.2 Å². The molecule has 3 aliphatic heterocycles. The summed E-state index contributed by atoms with van der Waals surface area (Å²) in [6, 6.07) is 6.26. The third-order valence-electron chi connectivity index (χ3n) is 5.70. The molecule has 3 aliphatic rings. The van der Waals surface area contributed by atoms with Gasteiger partial charge in [-0.15, -0.1) is 0 Å². The van der Waals surface area contributed by atoms with Gasteiger partial charge in [0.1, 0.15) is 13.2 Å². The van der Waals surface area contributed by atoms with Crippen molar-refractivity contribution in [3.8, 4) is 11.5 Å². The molecule has 4 rings (SSSR count). The first-order valence-corrected chi connectivity index (χ1v) is 9.69. The van der Waals surface area contributed by atoms with Gasteiger partial charge in [0.15, 0.2) is 17.3 Å². The van der Waals surface area contributed by atoms with Crippen molar-refractivity contribution in [2.45, 2.75) is 38.1 Å². The Labute approximate surface area is 149 Å². The van der Waals surface area contributed by atoms with Crippen LogP contribution in [0.4, 0.5) is 0 Å². The fraction of sp³-hybridized carbons (Fsp3) is 0.650. The topological polar surface area (TPSA) is 42.0 Å². The Morgan fingerprint density at radius 2 is 1.68 bits per heavy atom. The summed E-state index contributed by atoms with van der Waals surface area (Å²) >= 11 is 0. The summed E-state index contributed by atoms with van der Waals surface area (Å²) in [4.78, 5) is 17.6. The predicted molar refractivity (Wildman–Crippen MR) is 96.6 cm³/mol. The fourth-order valence-electron chi connectivity index (χ4n) is 4.24. The third kappa shape index (κ3) is 3.98. The van der Waals surface area contributed by atoms with Gasteiger partial charge in [0.2, 0.25) is 0 Å². The third-order valence-corrected chi connectivity index (χ3v) is 5.70. The number of fused-ring (bicyclic) bond motifs is 1. The highest BCUT2D eigenvalue weighted by Crippen LogP contribution is 2.31. The van der Waals surface area contributed by atoms with Gasteiger partial charge in [0, 0.05) is 24.7 Å². The van der Waals surface area contributed by atoms with Crippen LogP contribution in [-0.4, -0.2) is 67.6 Å². The Morgan fingerprint density at radius 1 is 0.960 bits per heavy atom. The largest absolute Gasteiger partial charge is 0.486 e. The number of carbonyl (C=O) groups is 1. The lowest BCUT2D eigenvalue weighted by Crippen LogP contribution is -2.47. The summed E-state index contributed by atoms with van der Waals surface area (Å²) in [5.41, 5.74) is 0.724. The lowest BCUT2D eigenvalue weighted by Gasteiger charge is -2.40. The number of hydrogen-bond acceptors (Lipinski definition) is 5. The number of rotatable bonds is 4. The zero-order valence-electron chi connectivity index (χ0n) is 14.9. The van der Waals surface area contributed by atoms with E-state index in [4.69, 9.17) is 9.47 Å². The maximum absolute atomic E-state index is 12.6. The summed E-state index contributed by atoms with van der Waals surface area (Å²) in [5.74, 6) is 1.61. The van der Waals surface area contributed by atoms with Gasteiger partial charge in [0.25, 0.3) is 0 Å². The highest BCUT2D eigenvalue weighted by Gasteiger charge is 2.26. The second-order valence-electron chi connectivity index (χ2n) is 7.39. The van der Waals surface area contributed by atoms with Crippen LogP contribution >= 0.6 is 0 Å². The highest BCUT2D eigenvalue weighted by atomic mass is 16.6. The van der Waals surface area contributed by atoms with Gasteiger partial charge in [0.05, 0.1) is 6.54 Å². The van der Waals surface area contributed by atoms with Crippen molar-refractivity contribution in [2.24, 2.45) is 0 Å². The van der Waals surface area contributed by atoms with Crippen molar-refractivity contribution in [1.29, 1.82) is 0 Å². The summed E-state index contributed by atoms with van der Waals surface area (Å²) in [5, 5.41) is 0. The maximum atomic E-state index is 12.6. The standard InChI is InChI=1S/C20H28N2O3/c23-18(16-4-5-19-20(14-16)25-13-12-24-19)15-21-10-6-17(7-11-21)22-8-2-1-3-9-22/h4-5,14,17H,1-3,6-13,15H2. The molecule has 136 valence electrons. The van der Waals surface area contributed by atoms with E-state index in [-0.39, 0.29) is 5.78 Å². The molecular formula is C20H28N2O3. The van der Waals surface area contributed by atoms with Gasteiger partial charge >= 0.3 is 0 Å². The van der Waals surface area contributed by atoms with Crippen molar-refractivity contribution >= 4 is 5.78 Å². The molecule has 5 heteroatoms. The number of piperidine rings is 2. The molecular weight excluding hydrogens is 316 g/mol. The van der Waals surface area contributed by atoms with Crippen molar-refractivity contribution in [2.75, 3.05) is 45.9 Å². The lowest BCUT2D eigenvalue weighted by atomic mass is 9.99. The van der Waals surface area contributed by atoms with E-state index in [9.17, 15) is 4.79 Å². The normalized spacial score (nSPS) is 22.7. The van der Waals surface area contributed by atoms with Crippen LogP contribution in [0.2, 0.25) is 0 Å². The highest BCUT2D eigenvalue weighted by molar-refractivity contribution is 5.98. The fourth-order valence-corrected chi connectivity index (χ4v) is 4.24. The van der Waals surface area contributed by atoms with Crippen LogP contribution in [0.5, 0.6) is 11.5 Å². The van der Waals surface area contributed by atoms with Crippen molar-refractivity contribution in [3.63, 3.8) is 0 Å². The zero-order chi connectivity index (χ0) is 17.1. The van der Waals surface area contributed by atoms with Crippen LogP contribution in [-0.2, 0) is 0 Å². The quantitative estimate of drug-likeness (QED) is 0.786. The molecule has 0 aliphatic carbocycles. The number of nitrogens with zero attached hydrogens (tertiary/aromatic N) is 2. The summed E-state index contributed by atoms with van der Waals surface area (Å²) in [6.07, 6.45) is 6.47. The minimum atomic E-state index is 0.174. The summed E-state index contributed by atoms with van der Waals surface area (Å²) < 4.78 is 11.1. The molecule has 0 aromatic heterocycles. The van der Waals surface area contributed by atoms with Crippen molar-refractivity contribution < 1.29 is 14.3 Å². The number of carbonyl (C=O) groups excluding carboxylic acids is 1. The number of likely N-dealkylation sites (tertiary alicyclic amines) is 2. The molecule has 25 heavy (non-hydrogen) atoms. The van der Waals surface area contributed by atoms with Crippen LogP contribution in [0.3, 0.4) is 0 Å². The SMILES string of the molecule is O=C(CN1CCC(N2CCCCC2)CC1)c1ccc2c(c1)OCCO2. The van der Waals surface area contributed by atoms with Crippen LogP contribution in [0.25, 0.3) is 0 Å². The Hall–Kier alpha value is -1.59. The van der Waals surface area contributed by atoms with Crippen LogP contribution in [0, 0.1) is 0 Å². The second kappa shape index (κ2) is 7.75. The van der Waals surface area contributed by atoms with E-state index >= 15 is 0 Å². The first-order valence-electron chi connectivity index (χ1n) is 9.69. The number of ether oxygens (including phenoxy) is 2. The first kappa shape index (κ1) is 16.9. The Bertz CT molecular complexity index is 605. The van der Waals surface area contributed by atoms with E-state index in [0.717, 1.165) is 30.4 Å². The molecule has 2 fully saturated rings. The van der Waals surface area contributed by atoms with Gasteiger partial charge in [-0.05, 0) is 57.0 Å². The number of hydrogen-bond donors (Lipinski definition) is 0. The van der Waals surface area contributed by atoms with Crippen LogP contribution < -0.4 is 9.47 Å². The Balaban J connectivity index is 1.30. The molecule has 1 aromatic carbocycles. The molecule has 0 radical (unpaired) electrons. The lowest BCUT2D eigenvalue weighted by molar-refractivity contribution is 0.0774. The predicted octanol–water partition coefficient (Wildman–Crippen LogP) is 2.59. The van der Waals surface area contributed by atoms with E-state index < -0.39 is 0 Å². The molecule has 0 amide bonds. The molecule has 0 spiro atoms. The minimum absolute atomic E-state index is 0.174. The molecule has 0 unspecified atom stereocenters. The Kier molecular flexibility index (Phi) is 5.22. The van der Waals surface area contributed by atoms with Gasteiger partial charge < -0.3 is 14.4 Å². The van der Waals surface area contributed by atoms with Gasteiger partial charge in [-0.1, -0.05) is 6.42 Å². The van der Waals surface area contributed by atoms with Crippen molar-refractivity contribution in [3.05, 3.63) is 23.8 Å².